The molecule has 0 fully saturated rings. The molecule has 1 aromatic rings. The summed E-state index contributed by atoms with van der Waals surface area (Å²) >= 11 is 0. The van der Waals surface area contributed by atoms with Gasteiger partial charge in [0.1, 0.15) is 0 Å². The Hall–Kier alpha value is -1.56. The second-order valence-electron chi connectivity index (χ2n) is 4.02. The Morgan fingerprint density at radius 3 is 2.33 bits per heavy atom. The fraction of sp³-hybridized carbons (Fsp3) is 0.417. The lowest BCUT2D eigenvalue weighted by Crippen LogP contribution is -2.35. The molecule has 0 bridgehead atoms. The molecule has 0 heterocycles. The summed E-state index contributed by atoms with van der Waals surface area (Å²) in [5.74, 6) is -0.337. The Morgan fingerprint density at radius 1 is 1.33 bits per heavy atom. The van der Waals surface area contributed by atoms with Crippen molar-refractivity contribution in [3.8, 4) is 0 Å². The number of alkyl halides is 3. The fourth-order valence-corrected chi connectivity index (χ4v) is 1.37. The van der Waals surface area contributed by atoms with Crippen molar-refractivity contribution < 1.29 is 23.1 Å². The Labute approximate surface area is 103 Å². The van der Waals surface area contributed by atoms with Gasteiger partial charge in [0, 0.05) is 6.04 Å². The molecular weight excluding hydrogens is 247 g/mol. The first-order valence-corrected chi connectivity index (χ1v) is 5.39. The van der Waals surface area contributed by atoms with E-state index in [0.29, 0.717) is 5.56 Å². The van der Waals surface area contributed by atoms with Crippen LogP contribution in [0.5, 0.6) is 0 Å². The minimum atomic E-state index is -4.37. The van der Waals surface area contributed by atoms with Gasteiger partial charge in [0.25, 0.3) is 0 Å². The summed E-state index contributed by atoms with van der Waals surface area (Å²) in [7, 11) is 0. The van der Waals surface area contributed by atoms with Crippen LogP contribution in [-0.2, 0) is 17.4 Å². The molecule has 6 heteroatoms. The van der Waals surface area contributed by atoms with Crippen LogP contribution in [0.1, 0.15) is 18.1 Å². The summed E-state index contributed by atoms with van der Waals surface area (Å²) in [6, 6.07) is 4.06. The minimum Gasteiger partial charge on any atom is -0.394 e. The van der Waals surface area contributed by atoms with Gasteiger partial charge in [-0.3, -0.25) is 4.79 Å². The average molecular weight is 261 g/mol. The summed E-state index contributed by atoms with van der Waals surface area (Å²) in [5.41, 5.74) is -0.249. The van der Waals surface area contributed by atoms with Crippen molar-refractivity contribution in [2.45, 2.75) is 25.6 Å². The first-order valence-electron chi connectivity index (χ1n) is 5.39. The number of nitrogens with one attached hydrogen (secondary N) is 1. The number of rotatable bonds is 4. The van der Waals surface area contributed by atoms with E-state index in [1.165, 1.54) is 12.1 Å². The largest absolute Gasteiger partial charge is 0.416 e. The van der Waals surface area contributed by atoms with Gasteiger partial charge in [0.2, 0.25) is 5.91 Å². The van der Waals surface area contributed by atoms with Crippen molar-refractivity contribution in [3.63, 3.8) is 0 Å². The highest BCUT2D eigenvalue weighted by Gasteiger charge is 2.29. The number of amides is 1. The number of carbonyl (C=O) groups excluding carboxylic acids is 1. The van der Waals surface area contributed by atoms with Gasteiger partial charge in [-0.25, -0.2) is 0 Å². The molecule has 100 valence electrons. The van der Waals surface area contributed by atoms with Crippen molar-refractivity contribution in [2.75, 3.05) is 6.61 Å². The summed E-state index contributed by atoms with van der Waals surface area (Å²) in [5, 5.41) is 11.2. The maximum Gasteiger partial charge on any atom is 0.416 e. The van der Waals surface area contributed by atoms with Crippen LogP contribution < -0.4 is 5.32 Å². The van der Waals surface area contributed by atoms with Gasteiger partial charge in [-0.15, -0.1) is 0 Å². The molecule has 0 aromatic heterocycles. The van der Waals surface area contributed by atoms with Crippen LogP contribution in [0.15, 0.2) is 24.3 Å². The zero-order valence-electron chi connectivity index (χ0n) is 9.79. The van der Waals surface area contributed by atoms with E-state index in [0.717, 1.165) is 12.1 Å². The Morgan fingerprint density at radius 2 is 1.89 bits per heavy atom. The molecule has 1 aromatic carbocycles. The predicted octanol–water partition coefficient (Wildman–Crippen LogP) is 1.74. The molecule has 0 unspecified atom stereocenters. The van der Waals surface area contributed by atoms with Gasteiger partial charge in [0.15, 0.2) is 0 Å². The Bertz CT molecular complexity index is 401. The molecule has 0 spiro atoms. The average Bonchev–Trinajstić information content (AvgIpc) is 2.28. The molecule has 0 aliphatic carbocycles. The predicted molar refractivity (Wildman–Crippen MR) is 59.8 cm³/mol. The smallest absolute Gasteiger partial charge is 0.394 e. The van der Waals surface area contributed by atoms with Crippen LogP contribution in [0.3, 0.4) is 0 Å². The number of aliphatic hydroxyl groups is 1. The molecular formula is C12H14F3NO2. The quantitative estimate of drug-likeness (QED) is 0.867. The van der Waals surface area contributed by atoms with Gasteiger partial charge in [-0.2, -0.15) is 13.2 Å². The molecule has 0 aliphatic heterocycles. The van der Waals surface area contributed by atoms with Gasteiger partial charge >= 0.3 is 6.18 Å². The van der Waals surface area contributed by atoms with E-state index in [-0.39, 0.29) is 25.0 Å². The number of aliphatic hydroxyl groups excluding tert-OH is 1. The standard InChI is InChI=1S/C12H14F3NO2/c1-8(7-17)16-11(18)6-9-2-4-10(5-3-9)12(13,14)15/h2-5,8,17H,6-7H2,1H3,(H,16,18)/t8-/m1/s1. The van der Waals surface area contributed by atoms with Crippen LogP contribution in [0.25, 0.3) is 0 Å². The van der Waals surface area contributed by atoms with Crippen molar-refractivity contribution in [1.82, 2.24) is 5.32 Å². The zero-order valence-corrected chi connectivity index (χ0v) is 9.79. The Balaban J connectivity index is 2.61. The third-order valence-corrected chi connectivity index (χ3v) is 2.33. The molecule has 0 saturated heterocycles. The molecule has 0 saturated carbocycles. The molecule has 3 nitrogen and oxygen atoms in total. The van der Waals surface area contributed by atoms with E-state index in [9.17, 15) is 18.0 Å². The van der Waals surface area contributed by atoms with Crippen LogP contribution >= 0.6 is 0 Å². The van der Waals surface area contributed by atoms with E-state index in [4.69, 9.17) is 5.11 Å². The molecule has 0 radical (unpaired) electrons. The van der Waals surface area contributed by atoms with Crippen LogP contribution in [-0.4, -0.2) is 23.7 Å². The van der Waals surface area contributed by atoms with E-state index in [2.05, 4.69) is 5.32 Å². The van der Waals surface area contributed by atoms with Gasteiger partial charge in [0.05, 0.1) is 18.6 Å². The molecule has 1 amide bonds. The first-order chi connectivity index (χ1) is 8.32. The monoisotopic (exact) mass is 261 g/mol. The summed E-state index contributed by atoms with van der Waals surface area (Å²) in [6.07, 6.45) is -4.38. The molecule has 18 heavy (non-hydrogen) atoms. The summed E-state index contributed by atoms with van der Waals surface area (Å²) in [6.45, 7) is 1.45. The van der Waals surface area contributed by atoms with Crippen LogP contribution in [0, 0.1) is 0 Å². The SMILES string of the molecule is C[C@H](CO)NC(=O)Cc1ccc(C(F)(F)F)cc1. The lowest BCUT2D eigenvalue weighted by molar-refractivity contribution is -0.137. The number of halogens is 3. The zero-order chi connectivity index (χ0) is 13.8. The highest BCUT2D eigenvalue weighted by Crippen LogP contribution is 2.29. The molecule has 1 rings (SSSR count). The van der Waals surface area contributed by atoms with E-state index >= 15 is 0 Å². The number of hydrogen-bond donors (Lipinski definition) is 2. The van der Waals surface area contributed by atoms with E-state index < -0.39 is 11.7 Å². The normalized spacial score (nSPS) is 13.2. The molecule has 2 N–H and O–H groups in total. The summed E-state index contributed by atoms with van der Waals surface area (Å²) in [4.78, 5) is 11.4. The van der Waals surface area contributed by atoms with Crippen molar-refractivity contribution in [2.24, 2.45) is 0 Å². The number of hydrogen-bond acceptors (Lipinski definition) is 2. The van der Waals surface area contributed by atoms with Gasteiger partial charge in [-0.1, -0.05) is 12.1 Å². The molecule has 1 atom stereocenters. The van der Waals surface area contributed by atoms with Gasteiger partial charge in [-0.05, 0) is 24.6 Å². The van der Waals surface area contributed by atoms with Crippen molar-refractivity contribution >= 4 is 5.91 Å². The maximum atomic E-state index is 12.3. The third kappa shape index (κ3) is 4.37. The van der Waals surface area contributed by atoms with E-state index in [1.54, 1.807) is 6.92 Å². The van der Waals surface area contributed by atoms with Crippen LogP contribution in [0.4, 0.5) is 13.2 Å². The number of carbonyl (C=O) groups is 1. The fourth-order valence-electron chi connectivity index (χ4n) is 1.37. The van der Waals surface area contributed by atoms with Crippen molar-refractivity contribution in [1.29, 1.82) is 0 Å². The second kappa shape index (κ2) is 5.86. The maximum absolute atomic E-state index is 12.3. The summed E-state index contributed by atoms with van der Waals surface area (Å²) < 4.78 is 36.9. The highest BCUT2D eigenvalue weighted by atomic mass is 19.4. The topological polar surface area (TPSA) is 49.3 Å². The van der Waals surface area contributed by atoms with Crippen LogP contribution in [0.2, 0.25) is 0 Å². The third-order valence-electron chi connectivity index (χ3n) is 2.33. The first kappa shape index (κ1) is 14.5. The van der Waals surface area contributed by atoms with Gasteiger partial charge < -0.3 is 10.4 Å². The van der Waals surface area contributed by atoms with Crippen molar-refractivity contribution in [3.05, 3.63) is 35.4 Å². The highest BCUT2D eigenvalue weighted by molar-refractivity contribution is 5.78. The molecule has 0 aliphatic rings. The second-order valence-corrected chi connectivity index (χ2v) is 4.02. The Kier molecular flexibility index (Phi) is 4.72. The lowest BCUT2D eigenvalue weighted by atomic mass is 10.1. The van der Waals surface area contributed by atoms with E-state index in [1.807, 2.05) is 0 Å². The lowest BCUT2D eigenvalue weighted by Gasteiger charge is -2.11. The minimum absolute atomic E-state index is 0.0114. The number of benzene rings is 1.